The van der Waals surface area contributed by atoms with Crippen LogP contribution in [0.3, 0.4) is 0 Å². The average molecular weight is 381 g/mol. The number of likely N-dealkylation sites (N-methyl/N-ethyl adjacent to an activating group) is 1. The van der Waals surface area contributed by atoms with Crippen molar-refractivity contribution in [2.45, 2.75) is 32.3 Å². The predicted octanol–water partition coefficient (Wildman–Crippen LogP) is 3.45. The molecule has 3 rings (SSSR count). The minimum absolute atomic E-state index is 0.169. The Morgan fingerprint density at radius 3 is 2.50 bits per heavy atom. The van der Waals surface area contributed by atoms with Crippen molar-refractivity contribution in [1.29, 1.82) is 0 Å². The number of aliphatic hydroxyl groups is 1. The first-order chi connectivity index (χ1) is 13.2. The molecule has 0 aliphatic heterocycles. The van der Waals surface area contributed by atoms with Gasteiger partial charge in [-0.2, -0.15) is 0 Å². The third-order valence-corrected chi connectivity index (χ3v) is 4.72. The summed E-state index contributed by atoms with van der Waals surface area (Å²) in [6.07, 6.45) is 1.13. The highest BCUT2D eigenvalue weighted by atomic mass is 16.5. The zero-order chi connectivity index (χ0) is 20.5. The topological polar surface area (TPSA) is 67.1 Å². The summed E-state index contributed by atoms with van der Waals surface area (Å²) in [5.41, 5.74) is 1.69. The molecule has 2 aromatic heterocycles. The lowest BCUT2D eigenvalue weighted by molar-refractivity contribution is 0.0677. The van der Waals surface area contributed by atoms with Crippen LogP contribution in [0.2, 0.25) is 0 Å². The smallest absolute Gasteiger partial charge is 0.274 e. The monoisotopic (exact) mass is 381 g/mol. The molecule has 0 saturated heterocycles. The van der Waals surface area contributed by atoms with Crippen LogP contribution in [0.5, 0.6) is 5.75 Å². The van der Waals surface area contributed by atoms with Gasteiger partial charge in [0.25, 0.3) is 5.91 Å². The van der Waals surface area contributed by atoms with Gasteiger partial charge in [0.2, 0.25) is 0 Å². The quantitative estimate of drug-likeness (QED) is 0.735. The second-order valence-electron chi connectivity index (χ2n) is 7.96. The molecule has 1 atom stereocenters. The Balaban J connectivity index is 1.85. The van der Waals surface area contributed by atoms with E-state index in [1.165, 1.54) is 4.90 Å². The average Bonchev–Trinajstić information content (AvgIpc) is 3.07. The van der Waals surface area contributed by atoms with Gasteiger partial charge in [0.15, 0.2) is 5.69 Å². The number of rotatable bonds is 5. The van der Waals surface area contributed by atoms with Crippen molar-refractivity contribution in [3.8, 4) is 5.75 Å². The zero-order valence-corrected chi connectivity index (χ0v) is 17.0. The van der Waals surface area contributed by atoms with Crippen LogP contribution in [0.25, 0.3) is 5.52 Å². The van der Waals surface area contributed by atoms with Crippen molar-refractivity contribution in [3.05, 3.63) is 65.7 Å². The third kappa shape index (κ3) is 3.87. The maximum Gasteiger partial charge on any atom is 0.274 e. The Morgan fingerprint density at radius 2 is 1.89 bits per heavy atom. The number of hydrogen-bond acceptors (Lipinski definition) is 4. The first kappa shape index (κ1) is 19.9. The molecule has 0 aliphatic carbocycles. The number of amides is 1. The lowest BCUT2D eigenvalue weighted by Gasteiger charge is -2.20. The summed E-state index contributed by atoms with van der Waals surface area (Å²) in [5, 5.41) is 10.5. The van der Waals surface area contributed by atoms with Crippen LogP contribution in [0, 0.1) is 0 Å². The number of imidazole rings is 1. The Hall–Kier alpha value is -2.86. The summed E-state index contributed by atoms with van der Waals surface area (Å²) in [7, 11) is 3.28. The van der Waals surface area contributed by atoms with Gasteiger partial charge in [-0.05, 0) is 29.8 Å². The van der Waals surface area contributed by atoms with Gasteiger partial charge in [-0.15, -0.1) is 0 Å². The van der Waals surface area contributed by atoms with Gasteiger partial charge in [0.1, 0.15) is 11.6 Å². The summed E-state index contributed by atoms with van der Waals surface area (Å²) < 4.78 is 7.10. The van der Waals surface area contributed by atoms with Gasteiger partial charge in [0.05, 0.1) is 25.3 Å². The van der Waals surface area contributed by atoms with E-state index in [2.05, 4.69) is 25.8 Å². The van der Waals surface area contributed by atoms with Crippen LogP contribution in [-0.2, 0) is 5.41 Å². The van der Waals surface area contributed by atoms with Gasteiger partial charge >= 0.3 is 0 Å². The summed E-state index contributed by atoms with van der Waals surface area (Å²) in [4.78, 5) is 19.3. The van der Waals surface area contributed by atoms with Gasteiger partial charge in [-0.1, -0.05) is 39.0 Å². The van der Waals surface area contributed by atoms with Crippen LogP contribution >= 0.6 is 0 Å². The fourth-order valence-electron chi connectivity index (χ4n) is 3.18. The number of methoxy groups -OCH3 is 1. The molecule has 148 valence electrons. The molecule has 2 heterocycles. The number of carbonyl (C=O) groups is 1. The summed E-state index contributed by atoms with van der Waals surface area (Å²) in [6.45, 7) is 6.38. The number of nitrogens with zero attached hydrogens (tertiary/aromatic N) is 3. The molecule has 0 bridgehead atoms. The van der Waals surface area contributed by atoms with Crippen molar-refractivity contribution >= 4 is 11.4 Å². The Kier molecular flexibility index (Phi) is 5.42. The van der Waals surface area contributed by atoms with Crippen molar-refractivity contribution in [3.63, 3.8) is 0 Å². The second-order valence-corrected chi connectivity index (χ2v) is 7.96. The van der Waals surface area contributed by atoms with Crippen LogP contribution in [0.4, 0.5) is 0 Å². The first-order valence-electron chi connectivity index (χ1n) is 9.27. The minimum Gasteiger partial charge on any atom is -0.497 e. The van der Waals surface area contributed by atoms with Crippen LogP contribution in [-0.4, -0.2) is 46.0 Å². The molecule has 0 fully saturated rings. The van der Waals surface area contributed by atoms with E-state index in [1.807, 2.05) is 28.8 Å². The van der Waals surface area contributed by atoms with Gasteiger partial charge in [-0.25, -0.2) is 4.98 Å². The number of fused-ring (bicyclic) bond motifs is 1. The van der Waals surface area contributed by atoms with Crippen molar-refractivity contribution in [2.75, 3.05) is 20.7 Å². The van der Waals surface area contributed by atoms with E-state index in [4.69, 9.17) is 4.74 Å². The van der Waals surface area contributed by atoms with Crippen LogP contribution < -0.4 is 4.74 Å². The second kappa shape index (κ2) is 7.64. The molecule has 28 heavy (non-hydrogen) atoms. The largest absolute Gasteiger partial charge is 0.497 e. The highest BCUT2D eigenvalue weighted by Crippen LogP contribution is 2.26. The zero-order valence-electron chi connectivity index (χ0n) is 17.0. The molecule has 1 aromatic carbocycles. The molecule has 1 amide bonds. The SMILES string of the molecule is COc1ccc(C(O)CN(C)C(=O)c2nc(C(C)(C)C)n3ccccc23)cc1. The van der Waals surface area contributed by atoms with E-state index >= 15 is 0 Å². The van der Waals surface area contributed by atoms with Crippen LogP contribution in [0.15, 0.2) is 48.7 Å². The molecule has 0 saturated carbocycles. The van der Waals surface area contributed by atoms with Crippen molar-refractivity contribution in [2.24, 2.45) is 0 Å². The van der Waals surface area contributed by atoms with E-state index in [1.54, 1.807) is 38.4 Å². The number of carbonyl (C=O) groups excluding carboxylic acids is 1. The van der Waals surface area contributed by atoms with Gasteiger partial charge in [0, 0.05) is 18.7 Å². The molecule has 3 aromatic rings. The summed E-state index contributed by atoms with van der Waals surface area (Å²) >= 11 is 0. The summed E-state index contributed by atoms with van der Waals surface area (Å²) in [6, 6.07) is 12.9. The fraction of sp³-hybridized carbons (Fsp3) is 0.364. The Morgan fingerprint density at radius 1 is 1.21 bits per heavy atom. The molecule has 6 nitrogen and oxygen atoms in total. The molecule has 1 unspecified atom stereocenters. The number of aliphatic hydroxyl groups excluding tert-OH is 1. The number of ether oxygens (including phenoxy) is 1. The minimum atomic E-state index is -0.796. The molecule has 0 aliphatic rings. The van der Waals surface area contributed by atoms with E-state index in [9.17, 15) is 9.90 Å². The van der Waals surface area contributed by atoms with Gasteiger partial charge in [-0.3, -0.25) is 4.79 Å². The van der Waals surface area contributed by atoms with Gasteiger partial charge < -0.3 is 19.1 Å². The molecule has 0 spiro atoms. The number of hydrogen-bond donors (Lipinski definition) is 1. The third-order valence-electron chi connectivity index (χ3n) is 4.72. The van der Waals surface area contributed by atoms with E-state index in [-0.39, 0.29) is 17.9 Å². The number of pyridine rings is 1. The van der Waals surface area contributed by atoms with Crippen LogP contribution in [0.1, 0.15) is 48.8 Å². The fourth-order valence-corrected chi connectivity index (χ4v) is 3.18. The molecular weight excluding hydrogens is 354 g/mol. The normalized spacial score (nSPS) is 12.8. The molecule has 0 radical (unpaired) electrons. The van der Waals surface area contributed by atoms with Crippen molar-refractivity contribution in [1.82, 2.24) is 14.3 Å². The van der Waals surface area contributed by atoms with Crippen molar-refractivity contribution < 1.29 is 14.6 Å². The standard InChI is InChI=1S/C22H27N3O3/c1-22(2,3)21-23-19(17-8-6-7-13-25(17)21)20(27)24(4)14-18(26)15-9-11-16(28-5)12-10-15/h6-13,18,26H,14H2,1-5H3. The highest BCUT2D eigenvalue weighted by Gasteiger charge is 2.27. The molecule has 1 N–H and O–H groups in total. The maximum absolute atomic E-state index is 13.1. The maximum atomic E-state index is 13.1. The van der Waals surface area contributed by atoms with E-state index in [0.29, 0.717) is 5.69 Å². The highest BCUT2D eigenvalue weighted by molar-refractivity contribution is 5.99. The molecule has 6 heteroatoms. The van der Waals surface area contributed by atoms with E-state index in [0.717, 1.165) is 22.7 Å². The first-order valence-corrected chi connectivity index (χ1v) is 9.27. The summed E-state index contributed by atoms with van der Waals surface area (Å²) in [5.74, 6) is 1.34. The number of aromatic nitrogens is 2. The Labute approximate surface area is 165 Å². The number of benzene rings is 1. The van der Waals surface area contributed by atoms with E-state index < -0.39 is 6.10 Å². The lowest BCUT2D eigenvalue weighted by Crippen LogP contribution is -2.31. The lowest BCUT2D eigenvalue weighted by atomic mass is 9.96. The predicted molar refractivity (Wildman–Crippen MR) is 109 cm³/mol. The molecular formula is C22H27N3O3. The Bertz CT molecular complexity index is 971.